The zero-order chi connectivity index (χ0) is 19.6. The Bertz CT molecular complexity index is 948. The molecule has 1 fully saturated rings. The highest BCUT2D eigenvalue weighted by Crippen LogP contribution is 2.23. The average molecular weight is 388 g/mol. The first-order valence-corrected chi connectivity index (χ1v) is 10.4. The molecule has 0 atom stereocenters. The lowest BCUT2D eigenvalue weighted by Crippen LogP contribution is -2.46. The predicted molar refractivity (Wildman–Crippen MR) is 103 cm³/mol. The van der Waals surface area contributed by atoms with Gasteiger partial charge in [-0.25, -0.2) is 8.42 Å². The van der Waals surface area contributed by atoms with Crippen LogP contribution in [0.5, 0.6) is 5.75 Å². The molecule has 0 spiro atoms. The fourth-order valence-corrected chi connectivity index (χ4v) is 4.75. The van der Waals surface area contributed by atoms with Gasteiger partial charge in [-0.1, -0.05) is 18.2 Å². The summed E-state index contributed by atoms with van der Waals surface area (Å²) in [6.07, 6.45) is 1.06. The Morgan fingerprint density at radius 1 is 1.07 bits per heavy atom. The number of para-hydroxylation sites is 1. The van der Waals surface area contributed by atoms with Gasteiger partial charge in [0, 0.05) is 19.1 Å². The second kappa shape index (κ2) is 7.70. The molecule has 0 unspecified atom stereocenters. The molecule has 0 bridgehead atoms. The first-order valence-electron chi connectivity index (χ1n) is 8.95. The van der Waals surface area contributed by atoms with Gasteiger partial charge in [-0.2, -0.15) is 4.31 Å². The highest BCUT2D eigenvalue weighted by atomic mass is 32.2. The number of carbonyl (C=O) groups is 1. The lowest BCUT2D eigenvalue weighted by Gasteiger charge is -2.31. The molecule has 3 rings (SSSR count). The number of phenolic OH excluding ortho intramolecular Hbond substituents is 1. The summed E-state index contributed by atoms with van der Waals surface area (Å²) in [6, 6.07) is 11.4. The fraction of sp³-hybridized carbons (Fsp3) is 0.350. The predicted octanol–water partition coefficient (Wildman–Crippen LogP) is 2.59. The molecule has 1 amide bonds. The molecule has 1 aliphatic rings. The summed E-state index contributed by atoms with van der Waals surface area (Å²) in [4.78, 5) is 12.6. The number of aromatic hydroxyl groups is 1. The third kappa shape index (κ3) is 4.14. The minimum Gasteiger partial charge on any atom is -0.507 e. The lowest BCUT2D eigenvalue weighted by atomic mass is 10.1. The van der Waals surface area contributed by atoms with Crippen molar-refractivity contribution in [1.82, 2.24) is 9.62 Å². The van der Waals surface area contributed by atoms with Crippen LogP contribution in [0.1, 0.15) is 34.3 Å². The van der Waals surface area contributed by atoms with Crippen molar-refractivity contribution in [3.63, 3.8) is 0 Å². The summed E-state index contributed by atoms with van der Waals surface area (Å²) in [5, 5.41) is 12.7. The molecule has 1 heterocycles. The minimum atomic E-state index is -3.53. The van der Waals surface area contributed by atoms with Gasteiger partial charge >= 0.3 is 0 Å². The smallest absolute Gasteiger partial charge is 0.255 e. The van der Waals surface area contributed by atoms with Crippen molar-refractivity contribution in [2.24, 2.45) is 0 Å². The van der Waals surface area contributed by atoms with Gasteiger partial charge < -0.3 is 10.4 Å². The first kappa shape index (κ1) is 19.4. The molecule has 1 saturated heterocycles. The highest BCUT2D eigenvalue weighted by Gasteiger charge is 2.30. The maximum absolute atomic E-state index is 12.9. The molecular formula is C20H24N2O4S. The Morgan fingerprint density at radius 3 is 2.37 bits per heavy atom. The Kier molecular flexibility index (Phi) is 5.53. The second-order valence-corrected chi connectivity index (χ2v) is 8.85. The number of carbonyl (C=O) groups excluding carboxylic acids is 1. The SMILES string of the molecule is Cc1ccc(S(=O)(=O)N2CCC(NC(=O)c3ccccc3O)CC2)cc1C. The van der Waals surface area contributed by atoms with Crippen molar-refractivity contribution < 1.29 is 18.3 Å². The van der Waals surface area contributed by atoms with Crippen molar-refractivity contribution >= 4 is 15.9 Å². The van der Waals surface area contributed by atoms with E-state index in [4.69, 9.17) is 0 Å². The van der Waals surface area contributed by atoms with Crippen LogP contribution >= 0.6 is 0 Å². The van der Waals surface area contributed by atoms with Crippen LogP contribution < -0.4 is 5.32 Å². The topological polar surface area (TPSA) is 86.7 Å². The lowest BCUT2D eigenvalue weighted by molar-refractivity contribution is 0.0921. The molecule has 0 aliphatic carbocycles. The second-order valence-electron chi connectivity index (χ2n) is 6.92. The van der Waals surface area contributed by atoms with Crippen LogP contribution in [-0.4, -0.2) is 42.9 Å². The van der Waals surface area contributed by atoms with E-state index in [0.29, 0.717) is 30.8 Å². The van der Waals surface area contributed by atoms with Crippen molar-refractivity contribution in [1.29, 1.82) is 0 Å². The summed E-state index contributed by atoms with van der Waals surface area (Å²) in [7, 11) is -3.53. The van der Waals surface area contributed by atoms with Crippen LogP contribution in [0.2, 0.25) is 0 Å². The maximum Gasteiger partial charge on any atom is 0.255 e. The number of nitrogens with one attached hydrogen (secondary N) is 1. The number of hydrogen-bond donors (Lipinski definition) is 2. The summed E-state index contributed by atoms with van der Waals surface area (Å²) < 4.78 is 27.2. The maximum atomic E-state index is 12.9. The highest BCUT2D eigenvalue weighted by molar-refractivity contribution is 7.89. The molecule has 0 radical (unpaired) electrons. The Morgan fingerprint density at radius 2 is 1.74 bits per heavy atom. The van der Waals surface area contributed by atoms with Crippen LogP contribution in [0, 0.1) is 13.8 Å². The molecule has 144 valence electrons. The van der Waals surface area contributed by atoms with Gasteiger partial charge in [0.25, 0.3) is 5.91 Å². The monoisotopic (exact) mass is 388 g/mol. The zero-order valence-electron chi connectivity index (χ0n) is 15.5. The summed E-state index contributed by atoms with van der Waals surface area (Å²) in [5.41, 5.74) is 2.23. The van der Waals surface area contributed by atoms with Crippen molar-refractivity contribution in [2.45, 2.75) is 37.6 Å². The number of amides is 1. The number of aryl methyl sites for hydroxylation is 2. The van der Waals surface area contributed by atoms with Gasteiger partial charge in [0.05, 0.1) is 10.5 Å². The first-order chi connectivity index (χ1) is 12.8. The Labute approximate surface area is 159 Å². The average Bonchev–Trinajstić information content (AvgIpc) is 2.64. The van der Waals surface area contributed by atoms with Crippen LogP contribution in [0.15, 0.2) is 47.4 Å². The van der Waals surface area contributed by atoms with E-state index < -0.39 is 10.0 Å². The van der Waals surface area contributed by atoms with Crippen LogP contribution in [-0.2, 0) is 10.0 Å². The Balaban J connectivity index is 1.64. The number of piperidine rings is 1. The molecule has 1 aliphatic heterocycles. The van der Waals surface area contributed by atoms with E-state index in [1.54, 1.807) is 30.3 Å². The summed E-state index contributed by atoms with van der Waals surface area (Å²) in [5.74, 6) is -0.409. The largest absolute Gasteiger partial charge is 0.507 e. The van der Waals surface area contributed by atoms with Gasteiger partial charge in [-0.3, -0.25) is 4.79 Å². The van der Waals surface area contributed by atoms with Gasteiger partial charge in [-0.15, -0.1) is 0 Å². The number of benzene rings is 2. The molecule has 2 aromatic carbocycles. The molecule has 27 heavy (non-hydrogen) atoms. The van der Waals surface area contributed by atoms with Gasteiger partial charge in [0.2, 0.25) is 10.0 Å². The standard InChI is InChI=1S/C20H24N2O4S/c1-14-7-8-17(13-15(14)2)27(25,26)22-11-9-16(10-12-22)21-20(24)18-5-3-4-6-19(18)23/h3-8,13,16,23H,9-12H2,1-2H3,(H,21,24). The quantitative estimate of drug-likeness (QED) is 0.843. The van der Waals surface area contributed by atoms with Gasteiger partial charge in [0.1, 0.15) is 5.75 Å². The molecule has 7 heteroatoms. The summed E-state index contributed by atoms with van der Waals surface area (Å²) in [6.45, 7) is 4.54. The number of sulfonamides is 1. The van der Waals surface area contributed by atoms with Crippen molar-refractivity contribution in [2.75, 3.05) is 13.1 Å². The molecule has 0 saturated carbocycles. The fourth-order valence-electron chi connectivity index (χ4n) is 3.19. The number of phenols is 1. The third-order valence-electron chi connectivity index (χ3n) is 5.05. The summed E-state index contributed by atoms with van der Waals surface area (Å²) >= 11 is 0. The van der Waals surface area contributed by atoms with Gasteiger partial charge in [-0.05, 0) is 62.1 Å². The van der Waals surface area contributed by atoms with Crippen molar-refractivity contribution in [3.05, 3.63) is 59.2 Å². The molecule has 0 aromatic heterocycles. The molecule has 6 nitrogen and oxygen atoms in total. The van der Waals surface area contributed by atoms with Crippen molar-refractivity contribution in [3.8, 4) is 5.75 Å². The number of nitrogens with zero attached hydrogens (tertiary/aromatic N) is 1. The van der Waals surface area contributed by atoms with E-state index in [1.807, 2.05) is 19.9 Å². The van der Waals surface area contributed by atoms with Crippen LogP contribution in [0.25, 0.3) is 0 Å². The van der Waals surface area contributed by atoms with Crippen LogP contribution in [0.3, 0.4) is 0 Å². The molecule has 2 N–H and O–H groups in total. The van der Waals surface area contributed by atoms with E-state index in [1.165, 1.54) is 10.4 Å². The number of rotatable bonds is 4. The van der Waals surface area contributed by atoms with E-state index in [-0.39, 0.29) is 23.3 Å². The molecular weight excluding hydrogens is 364 g/mol. The third-order valence-corrected chi connectivity index (χ3v) is 6.95. The van der Waals surface area contributed by atoms with E-state index in [2.05, 4.69) is 5.32 Å². The Hall–Kier alpha value is -2.38. The normalized spacial score (nSPS) is 16.2. The van der Waals surface area contributed by atoms with E-state index in [0.717, 1.165) is 11.1 Å². The van der Waals surface area contributed by atoms with E-state index in [9.17, 15) is 18.3 Å². The van der Waals surface area contributed by atoms with Crippen LogP contribution in [0.4, 0.5) is 0 Å². The van der Waals surface area contributed by atoms with E-state index >= 15 is 0 Å². The van der Waals surface area contributed by atoms with Gasteiger partial charge in [0.15, 0.2) is 0 Å². The minimum absolute atomic E-state index is 0.0650. The zero-order valence-corrected chi connectivity index (χ0v) is 16.3. The molecule has 2 aromatic rings. The number of hydrogen-bond acceptors (Lipinski definition) is 4.